The minimum absolute atomic E-state index is 0.0481. The third-order valence-corrected chi connectivity index (χ3v) is 7.39. The monoisotopic (exact) mass is 550 g/mol. The van der Waals surface area contributed by atoms with Crippen molar-refractivity contribution in [1.82, 2.24) is 0 Å². The molecular formula is C26H22ClF3N2O4S. The Morgan fingerprint density at radius 1 is 1.08 bits per heavy atom. The molecule has 3 aromatic rings. The Morgan fingerprint density at radius 2 is 1.81 bits per heavy atom. The van der Waals surface area contributed by atoms with Crippen molar-refractivity contribution in [3.8, 4) is 11.5 Å². The van der Waals surface area contributed by atoms with Crippen LogP contribution in [0, 0.1) is 0 Å². The van der Waals surface area contributed by atoms with Crippen LogP contribution in [0.3, 0.4) is 0 Å². The van der Waals surface area contributed by atoms with Crippen molar-refractivity contribution in [1.29, 1.82) is 0 Å². The van der Waals surface area contributed by atoms with Crippen molar-refractivity contribution in [2.45, 2.75) is 22.7 Å². The third-order valence-electron chi connectivity index (χ3n) is 5.74. The highest BCUT2D eigenvalue weighted by Crippen LogP contribution is 2.47. The van der Waals surface area contributed by atoms with Crippen LogP contribution in [0.15, 0.2) is 65.6 Å². The average Bonchev–Trinajstić information content (AvgIpc) is 3.00. The number of carbonyl (C=O) groups excluding carboxylic acids is 2. The molecule has 1 N–H and O–H groups in total. The zero-order chi connectivity index (χ0) is 26.7. The smallest absolute Gasteiger partial charge is 0.416 e. The van der Waals surface area contributed by atoms with E-state index in [0.717, 1.165) is 28.7 Å². The molecule has 1 aliphatic rings. The summed E-state index contributed by atoms with van der Waals surface area (Å²) in [4.78, 5) is 28.4. The van der Waals surface area contributed by atoms with E-state index in [4.69, 9.17) is 21.1 Å². The zero-order valence-electron chi connectivity index (χ0n) is 19.8. The molecule has 0 bridgehead atoms. The molecule has 4 rings (SSSR count). The first-order valence-electron chi connectivity index (χ1n) is 11.0. The summed E-state index contributed by atoms with van der Waals surface area (Å²) in [6.07, 6.45) is -4.52. The number of anilines is 2. The van der Waals surface area contributed by atoms with E-state index < -0.39 is 24.2 Å². The molecule has 1 unspecified atom stereocenters. The van der Waals surface area contributed by atoms with Gasteiger partial charge in [0.2, 0.25) is 11.8 Å². The van der Waals surface area contributed by atoms with Crippen LogP contribution < -0.4 is 19.7 Å². The number of thioether (sulfide) groups is 1. The minimum atomic E-state index is -4.60. The Hall–Kier alpha value is -3.37. The van der Waals surface area contributed by atoms with Gasteiger partial charge in [-0.1, -0.05) is 29.8 Å². The minimum Gasteiger partial charge on any atom is -0.493 e. The van der Waals surface area contributed by atoms with E-state index in [-0.39, 0.29) is 28.3 Å². The van der Waals surface area contributed by atoms with Gasteiger partial charge in [-0.25, -0.2) is 0 Å². The highest BCUT2D eigenvalue weighted by Gasteiger charge is 2.33. The molecule has 0 fully saturated rings. The van der Waals surface area contributed by atoms with Crippen molar-refractivity contribution in [3.63, 3.8) is 0 Å². The van der Waals surface area contributed by atoms with Crippen LogP contribution in [0.5, 0.6) is 11.5 Å². The van der Waals surface area contributed by atoms with Crippen LogP contribution in [0.1, 0.15) is 22.8 Å². The Morgan fingerprint density at radius 3 is 2.51 bits per heavy atom. The fraction of sp³-hybridized carbons (Fsp3) is 0.231. The molecule has 0 spiro atoms. The molecular weight excluding hydrogens is 529 g/mol. The van der Waals surface area contributed by atoms with Crippen LogP contribution in [0.2, 0.25) is 5.02 Å². The molecule has 1 atom stereocenters. The second-order valence-electron chi connectivity index (χ2n) is 8.11. The van der Waals surface area contributed by atoms with Gasteiger partial charge in [0.1, 0.15) is 6.54 Å². The lowest BCUT2D eigenvalue weighted by Gasteiger charge is -2.22. The number of benzene rings is 3. The van der Waals surface area contributed by atoms with Crippen LogP contribution in [0.4, 0.5) is 24.5 Å². The first kappa shape index (κ1) is 26.7. The second kappa shape index (κ2) is 10.9. The number of methoxy groups -OCH3 is 2. The molecule has 37 heavy (non-hydrogen) atoms. The largest absolute Gasteiger partial charge is 0.493 e. The van der Waals surface area contributed by atoms with Gasteiger partial charge in [0.25, 0.3) is 0 Å². The summed E-state index contributed by atoms with van der Waals surface area (Å²) in [5, 5.41) is 2.08. The molecule has 3 aromatic carbocycles. The van der Waals surface area contributed by atoms with Gasteiger partial charge in [0.15, 0.2) is 11.5 Å². The van der Waals surface area contributed by atoms with E-state index >= 15 is 0 Å². The predicted octanol–water partition coefficient (Wildman–Crippen LogP) is 6.58. The summed E-state index contributed by atoms with van der Waals surface area (Å²) < 4.78 is 50.0. The maximum atomic E-state index is 13.4. The molecule has 0 aromatic heterocycles. The van der Waals surface area contributed by atoms with Gasteiger partial charge in [-0.05, 0) is 48.0 Å². The van der Waals surface area contributed by atoms with Gasteiger partial charge in [0, 0.05) is 16.6 Å². The molecule has 6 nitrogen and oxygen atoms in total. The number of hydrogen-bond donors (Lipinski definition) is 1. The zero-order valence-corrected chi connectivity index (χ0v) is 21.3. The average molecular weight is 551 g/mol. The summed E-state index contributed by atoms with van der Waals surface area (Å²) in [5.41, 5.74) is 0.241. The summed E-state index contributed by atoms with van der Waals surface area (Å²) in [6, 6.07) is 15.2. The fourth-order valence-corrected chi connectivity index (χ4v) is 5.36. The maximum Gasteiger partial charge on any atom is 0.416 e. The van der Waals surface area contributed by atoms with Gasteiger partial charge in [0.05, 0.1) is 36.2 Å². The summed E-state index contributed by atoms with van der Waals surface area (Å²) >= 11 is 7.49. The molecule has 0 saturated carbocycles. The van der Waals surface area contributed by atoms with Gasteiger partial charge in [-0.3, -0.25) is 9.59 Å². The predicted molar refractivity (Wildman–Crippen MR) is 137 cm³/mol. The summed E-state index contributed by atoms with van der Waals surface area (Å²) in [5.74, 6) is 0.0874. The molecule has 0 saturated heterocycles. The van der Waals surface area contributed by atoms with Crippen molar-refractivity contribution < 1.29 is 32.2 Å². The van der Waals surface area contributed by atoms with Gasteiger partial charge in [-0.2, -0.15) is 13.2 Å². The quantitative estimate of drug-likeness (QED) is 0.375. The highest BCUT2D eigenvalue weighted by atomic mass is 35.5. The van der Waals surface area contributed by atoms with E-state index in [1.165, 1.54) is 30.9 Å². The van der Waals surface area contributed by atoms with Gasteiger partial charge >= 0.3 is 6.18 Å². The highest BCUT2D eigenvalue weighted by molar-refractivity contribution is 7.99. The van der Waals surface area contributed by atoms with E-state index in [0.29, 0.717) is 17.2 Å². The van der Waals surface area contributed by atoms with Crippen molar-refractivity contribution in [3.05, 3.63) is 76.8 Å². The molecule has 11 heteroatoms. The first-order valence-corrected chi connectivity index (χ1v) is 12.3. The van der Waals surface area contributed by atoms with Crippen molar-refractivity contribution >= 4 is 46.6 Å². The van der Waals surface area contributed by atoms with E-state index in [1.807, 2.05) is 24.3 Å². The summed E-state index contributed by atoms with van der Waals surface area (Å²) in [6.45, 7) is -0.401. The lowest BCUT2D eigenvalue weighted by molar-refractivity contribution is -0.137. The molecule has 1 heterocycles. The number of rotatable bonds is 6. The number of alkyl halides is 3. The van der Waals surface area contributed by atoms with E-state index in [9.17, 15) is 22.8 Å². The van der Waals surface area contributed by atoms with E-state index in [1.54, 1.807) is 18.2 Å². The summed E-state index contributed by atoms with van der Waals surface area (Å²) in [7, 11) is 3.06. The lowest BCUT2D eigenvalue weighted by Crippen LogP contribution is -2.38. The van der Waals surface area contributed by atoms with Gasteiger partial charge in [-0.15, -0.1) is 11.8 Å². The number of fused-ring (bicyclic) bond motifs is 1. The SMILES string of the molecule is COc1ccc(C2CC(=O)N(CC(=O)Nc3cc(C(F)(F)F)ccc3Cl)c3ccccc3S2)cc1OC. The Balaban J connectivity index is 1.59. The number of halogens is 4. The van der Waals surface area contributed by atoms with Crippen LogP contribution in [-0.2, 0) is 15.8 Å². The maximum absolute atomic E-state index is 13.4. The first-order chi connectivity index (χ1) is 17.6. The fourth-order valence-electron chi connectivity index (χ4n) is 3.92. The molecule has 1 aliphatic heterocycles. The Kier molecular flexibility index (Phi) is 7.89. The van der Waals surface area contributed by atoms with Crippen LogP contribution in [0.25, 0.3) is 0 Å². The number of nitrogens with one attached hydrogen (secondary N) is 1. The Bertz CT molecular complexity index is 1340. The normalized spacial score (nSPS) is 15.6. The van der Waals surface area contributed by atoms with Gasteiger partial charge < -0.3 is 19.7 Å². The topological polar surface area (TPSA) is 67.9 Å². The van der Waals surface area contributed by atoms with E-state index in [2.05, 4.69) is 5.32 Å². The second-order valence-corrected chi connectivity index (χ2v) is 9.76. The number of carbonyl (C=O) groups is 2. The van der Waals surface area contributed by atoms with Crippen LogP contribution >= 0.6 is 23.4 Å². The number of hydrogen-bond acceptors (Lipinski definition) is 5. The number of para-hydroxylation sites is 1. The number of ether oxygens (including phenoxy) is 2. The Labute approximate surface area is 220 Å². The lowest BCUT2D eigenvalue weighted by atomic mass is 10.1. The number of amides is 2. The third kappa shape index (κ3) is 5.97. The standard InChI is InChI=1S/C26H22ClF3N2O4S/c1-35-20-10-7-15(11-21(20)36-2)23-13-25(34)32(19-5-3-4-6-22(19)37-23)14-24(33)31-18-12-16(26(28,29)30)8-9-17(18)27/h3-12,23H,13-14H2,1-2H3,(H,31,33). The molecule has 0 aliphatic carbocycles. The number of nitrogens with zero attached hydrogens (tertiary/aromatic N) is 1. The van der Waals surface area contributed by atoms with Crippen molar-refractivity contribution in [2.75, 3.05) is 31.0 Å². The molecule has 0 radical (unpaired) electrons. The molecule has 194 valence electrons. The van der Waals surface area contributed by atoms with Crippen LogP contribution in [-0.4, -0.2) is 32.6 Å². The van der Waals surface area contributed by atoms with Crippen molar-refractivity contribution in [2.24, 2.45) is 0 Å². The molecule has 2 amide bonds.